The molecular formula is C13H15ClN2O2. The van der Waals surface area contributed by atoms with Crippen molar-refractivity contribution in [3.63, 3.8) is 0 Å². The van der Waals surface area contributed by atoms with Gasteiger partial charge >= 0.3 is 5.97 Å². The second-order valence-electron chi connectivity index (χ2n) is 4.06. The minimum Gasteiger partial charge on any atom is -0.480 e. The summed E-state index contributed by atoms with van der Waals surface area (Å²) >= 11 is 6.10. The summed E-state index contributed by atoms with van der Waals surface area (Å²) in [5.74, 6) is -0.907. The largest absolute Gasteiger partial charge is 0.480 e. The standard InChI is InChI=1S/C13H15ClN2O2/c1-3-9(2)16(8-13(17)18)12-5-4-10(7-15)6-11(12)14/h4-6,9H,3,8H2,1-2H3,(H,17,18). The summed E-state index contributed by atoms with van der Waals surface area (Å²) in [6.45, 7) is 3.81. The first-order valence-corrected chi connectivity index (χ1v) is 6.05. The van der Waals surface area contributed by atoms with Crippen molar-refractivity contribution >= 4 is 23.3 Å². The zero-order chi connectivity index (χ0) is 13.7. The Labute approximate surface area is 111 Å². The summed E-state index contributed by atoms with van der Waals surface area (Å²) < 4.78 is 0. The quantitative estimate of drug-likeness (QED) is 0.890. The van der Waals surface area contributed by atoms with Gasteiger partial charge in [-0.15, -0.1) is 0 Å². The van der Waals surface area contributed by atoms with E-state index in [1.807, 2.05) is 19.9 Å². The third-order valence-electron chi connectivity index (χ3n) is 2.81. The van der Waals surface area contributed by atoms with E-state index in [0.717, 1.165) is 6.42 Å². The molecule has 0 radical (unpaired) electrons. The molecule has 1 unspecified atom stereocenters. The molecule has 0 saturated carbocycles. The Hall–Kier alpha value is -1.73. The van der Waals surface area contributed by atoms with Crippen LogP contribution in [-0.2, 0) is 4.79 Å². The van der Waals surface area contributed by atoms with E-state index in [-0.39, 0.29) is 12.6 Å². The molecule has 0 amide bonds. The van der Waals surface area contributed by atoms with Crippen LogP contribution in [0.4, 0.5) is 5.69 Å². The number of benzene rings is 1. The summed E-state index contributed by atoms with van der Waals surface area (Å²) in [4.78, 5) is 12.6. The van der Waals surface area contributed by atoms with Crippen LogP contribution in [0.2, 0.25) is 5.02 Å². The summed E-state index contributed by atoms with van der Waals surface area (Å²) in [5, 5.41) is 18.1. The normalized spacial score (nSPS) is 11.7. The van der Waals surface area contributed by atoms with Crippen LogP contribution < -0.4 is 4.90 Å². The number of rotatable bonds is 5. The van der Waals surface area contributed by atoms with Crippen molar-refractivity contribution in [1.82, 2.24) is 0 Å². The topological polar surface area (TPSA) is 64.3 Å². The van der Waals surface area contributed by atoms with Crippen molar-refractivity contribution in [2.45, 2.75) is 26.3 Å². The lowest BCUT2D eigenvalue weighted by molar-refractivity contribution is -0.135. The van der Waals surface area contributed by atoms with Gasteiger partial charge in [-0.05, 0) is 31.5 Å². The number of anilines is 1. The lowest BCUT2D eigenvalue weighted by atomic mass is 10.1. The molecule has 0 heterocycles. The molecule has 0 bridgehead atoms. The summed E-state index contributed by atoms with van der Waals surface area (Å²) in [7, 11) is 0. The highest BCUT2D eigenvalue weighted by atomic mass is 35.5. The molecule has 96 valence electrons. The van der Waals surface area contributed by atoms with Gasteiger partial charge in [-0.3, -0.25) is 4.79 Å². The number of carboxylic acid groups (broad SMARTS) is 1. The number of carbonyl (C=O) groups is 1. The van der Waals surface area contributed by atoms with Gasteiger partial charge in [0.1, 0.15) is 6.54 Å². The van der Waals surface area contributed by atoms with Crippen molar-refractivity contribution in [3.8, 4) is 6.07 Å². The Kier molecular flexibility index (Phi) is 4.99. The molecular weight excluding hydrogens is 252 g/mol. The van der Waals surface area contributed by atoms with Crippen LogP contribution in [0.3, 0.4) is 0 Å². The van der Waals surface area contributed by atoms with Crippen molar-refractivity contribution in [3.05, 3.63) is 28.8 Å². The zero-order valence-corrected chi connectivity index (χ0v) is 11.1. The molecule has 18 heavy (non-hydrogen) atoms. The third kappa shape index (κ3) is 3.38. The number of hydrogen-bond acceptors (Lipinski definition) is 3. The number of nitriles is 1. The molecule has 0 aromatic heterocycles. The van der Waals surface area contributed by atoms with Crippen molar-refractivity contribution in [2.75, 3.05) is 11.4 Å². The molecule has 0 aliphatic heterocycles. The first-order valence-electron chi connectivity index (χ1n) is 5.67. The summed E-state index contributed by atoms with van der Waals surface area (Å²) in [6, 6.07) is 6.94. The molecule has 0 fully saturated rings. The van der Waals surface area contributed by atoms with Gasteiger partial charge < -0.3 is 10.0 Å². The van der Waals surface area contributed by atoms with Gasteiger partial charge in [-0.25, -0.2) is 0 Å². The predicted octanol–water partition coefficient (Wildman–Crippen LogP) is 2.90. The average Bonchev–Trinajstić information content (AvgIpc) is 2.35. The Morgan fingerprint density at radius 3 is 2.72 bits per heavy atom. The smallest absolute Gasteiger partial charge is 0.323 e. The molecule has 0 aliphatic carbocycles. The molecule has 1 rings (SSSR count). The monoisotopic (exact) mass is 266 g/mol. The first kappa shape index (κ1) is 14.3. The second kappa shape index (κ2) is 6.27. The van der Waals surface area contributed by atoms with E-state index in [1.54, 1.807) is 23.1 Å². The maximum absolute atomic E-state index is 10.9. The maximum Gasteiger partial charge on any atom is 0.323 e. The fraction of sp³-hybridized carbons (Fsp3) is 0.385. The lowest BCUT2D eigenvalue weighted by Gasteiger charge is -2.29. The molecule has 1 aromatic carbocycles. The number of hydrogen-bond donors (Lipinski definition) is 1. The first-order chi connectivity index (χ1) is 8.49. The van der Waals surface area contributed by atoms with E-state index in [2.05, 4.69) is 0 Å². The maximum atomic E-state index is 10.9. The van der Waals surface area contributed by atoms with Gasteiger partial charge in [0, 0.05) is 6.04 Å². The van der Waals surface area contributed by atoms with E-state index < -0.39 is 5.97 Å². The minimum absolute atomic E-state index is 0.0616. The van der Waals surface area contributed by atoms with Gasteiger partial charge in [0.25, 0.3) is 0 Å². The van der Waals surface area contributed by atoms with Gasteiger partial charge in [0.15, 0.2) is 0 Å². The molecule has 1 N–H and O–H groups in total. The van der Waals surface area contributed by atoms with Crippen molar-refractivity contribution in [2.24, 2.45) is 0 Å². The highest BCUT2D eigenvalue weighted by Gasteiger charge is 2.18. The molecule has 0 aliphatic rings. The average molecular weight is 267 g/mol. The van der Waals surface area contributed by atoms with Crippen LogP contribution in [0.25, 0.3) is 0 Å². The Morgan fingerprint density at radius 2 is 2.28 bits per heavy atom. The second-order valence-corrected chi connectivity index (χ2v) is 4.46. The van der Waals surface area contributed by atoms with E-state index >= 15 is 0 Å². The fourth-order valence-electron chi connectivity index (χ4n) is 1.65. The molecule has 4 nitrogen and oxygen atoms in total. The van der Waals surface area contributed by atoms with E-state index in [1.165, 1.54) is 0 Å². The van der Waals surface area contributed by atoms with E-state index in [9.17, 15) is 4.79 Å². The van der Waals surface area contributed by atoms with Crippen molar-refractivity contribution < 1.29 is 9.90 Å². The Morgan fingerprint density at radius 1 is 1.61 bits per heavy atom. The molecule has 1 aromatic rings. The van der Waals surface area contributed by atoms with E-state index in [4.69, 9.17) is 22.0 Å². The fourth-order valence-corrected chi connectivity index (χ4v) is 1.94. The third-order valence-corrected chi connectivity index (χ3v) is 3.12. The van der Waals surface area contributed by atoms with Crippen LogP contribution in [0.1, 0.15) is 25.8 Å². The Bertz CT molecular complexity index is 482. The molecule has 5 heteroatoms. The highest BCUT2D eigenvalue weighted by molar-refractivity contribution is 6.33. The summed E-state index contributed by atoms with van der Waals surface area (Å²) in [5.41, 5.74) is 1.11. The molecule has 1 atom stereocenters. The van der Waals surface area contributed by atoms with E-state index in [0.29, 0.717) is 16.3 Å². The zero-order valence-electron chi connectivity index (χ0n) is 10.4. The minimum atomic E-state index is -0.907. The van der Waals surface area contributed by atoms with Gasteiger partial charge in [0.2, 0.25) is 0 Å². The Balaban J connectivity index is 3.13. The van der Waals surface area contributed by atoms with Gasteiger partial charge in [0.05, 0.1) is 22.3 Å². The summed E-state index contributed by atoms with van der Waals surface area (Å²) in [6.07, 6.45) is 0.809. The van der Waals surface area contributed by atoms with Gasteiger partial charge in [-0.1, -0.05) is 18.5 Å². The number of aliphatic carboxylic acids is 1. The lowest BCUT2D eigenvalue weighted by Crippen LogP contribution is -2.37. The number of nitrogens with zero attached hydrogens (tertiary/aromatic N) is 2. The predicted molar refractivity (Wildman–Crippen MR) is 70.9 cm³/mol. The highest BCUT2D eigenvalue weighted by Crippen LogP contribution is 2.28. The molecule has 0 saturated heterocycles. The van der Waals surface area contributed by atoms with Crippen LogP contribution in [0.5, 0.6) is 0 Å². The number of carboxylic acids is 1. The number of halogens is 1. The van der Waals surface area contributed by atoms with Crippen LogP contribution in [0, 0.1) is 11.3 Å². The van der Waals surface area contributed by atoms with Gasteiger partial charge in [-0.2, -0.15) is 5.26 Å². The van der Waals surface area contributed by atoms with Crippen LogP contribution in [-0.4, -0.2) is 23.7 Å². The SMILES string of the molecule is CCC(C)N(CC(=O)O)c1ccc(C#N)cc1Cl. The van der Waals surface area contributed by atoms with Crippen LogP contribution >= 0.6 is 11.6 Å². The van der Waals surface area contributed by atoms with Crippen molar-refractivity contribution in [1.29, 1.82) is 5.26 Å². The molecule has 0 spiro atoms. The van der Waals surface area contributed by atoms with Crippen LogP contribution in [0.15, 0.2) is 18.2 Å².